The number of aliphatic hydroxyl groups is 1. The topological polar surface area (TPSA) is 74.2 Å². The van der Waals surface area contributed by atoms with E-state index in [4.69, 9.17) is 18.9 Å². The zero-order chi connectivity index (χ0) is 13.5. The Kier molecular flexibility index (Phi) is 4.17. The third kappa shape index (κ3) is 2.79. The van der Waals surface area contributed by atoms with Crippen LogP contribution < -0.4 is 0 Å². The molecule has 6 atom stereocenters. The van der Waals surface area contributed by atoms with Crippen molar-refractivity contribution in [3.8, 4) is 0 Å². The number of ether oxygens (including phenoxy) is 4. The average molecular weight is 280 g/mol. The van der Waals surface area contributed by atoms with Crippen molar-refractivity contribution in [2.75, 3.05) is 13.8 Å². The monoisotopic (exact) mass is 280 g/mol. The fourth-order valence-corrected chi connectivity index (χ4v) is 2.97. The van der Waals surface area contributed by atoms with Gasteiger partial charge in [0.05, 0.1) is 6.10 Å². The molecule has 0 saturated carbocycles. The van der Waals surface area contributed by atoms with Crippen molar-refractivity contribution in [2.24, 2.45) is 0 Å². The number of methoxy groups -OCH3 is 1. The highest BCUT2D eigenvalue weighted by Gasteiger charge is 2.55. The molecule has 0 aromatic rings. The molecule has 0 aromatic carbocycles. The molecule has 2 rings (SSSR count). The van der Waals surface area contributed by atoms with E-state index < -0.39 is 25.7 Å². The standard InChI is InChI=1S/C11H21O6P/c1-11(2)16-8-6(5-7(12)18(4)13)15-10(14-3)9(8)17-11/h6-10,12,18H,5H2,1-4H3/t6-,7?,8-,9-,10-/m1/s1. The molecular formula is C11H21O6P. The Balaban J connectivity index is 2.06. The second kappa shape index (κ2) is 5.19. The lowest BCUT2D eigenvalue weighted by Crippen LogP contribution is -2.31. The Morgan fingerprint density at radius 3 is 2.56 bits per heavy atom. The van der Waals surface area contributed by atoms with Crippen LogP contribution in [-0.2, 0) is 23.5 Å². The quantitative estimate of drug-likeness (QED) is 0.767. The second-order valence-corrected chi connectivity index (χ2v) is 7.09. The van der Waals surface area contributed by atoms with Crippen LogP contribution in [0.4, 0.5) is 0 Å². The molecule has 2 aliphatic heterocycles. The molecule has 0 amide bonds. The van der Waals surface area contributed by atoms with Gasteiger partial charge in [-0.25, -0.2) is 0 Å². The van der Waals surface area contributed by atoms with E-state index in [1.807, 2.05) is 13.8 Å². The van der Waals surface area contributed by atoms with Gasteiger partial charge in [0.2, 0.25) is 0 Å². The van der Waals surface area contributed by atoms with Crippen molar-refractivity contribution >= 4 is 7.80 Å². The zero-order valence-corrected chi connectivity index (χ0v) is 12.1. The Morgan fingerprint density at radius 1 is 1.39 bits per heavy atom. The molecule has 0 spiro atoms. The van der Waals surface area contributed by atoms with Gasteiger partial charge in [0, 0.05) is 13.5 Å². The lowest BCUT2D eigenvalue weighted by molar-refractivity contribution is -0.228. The van der Waals surface area contributed by atoms with E-state index in [9.17, 15) is 9.67 Å². The number of fused-ring (bicyclic) bond motifs is 1. The summed E-state index contributed by atoms with van der Waals surface area (Å²) in [6.45, 7) is 5.19. The van der Waals surface area contributed by atoms with Crippen LogP contribution in [0, 0.1) is 0 Å². The van der Waals surface area contributed by atoms with Crippen LogP contribution in [0.3, 0.4) is 0 Å². The largest absolute Gasteiger partial charge is 0.386 e. The Labute approximate surface area is 107 Å². The van der Waals surface area contributed by atoms with Gasteiger partial charge in [-0.1, -0.05) is 0 Å². The predicted octanol–water partition coefficient (Wildman–Crippen LogP) is 0.776. The summed E-state index contributed by atoms with van der Waals surface area (Å²) >= 11 is 0. The van der Waals surface area contributed by atoms with Crippen LogP contribution >= 0.6 is 7.80 Å². The fourth-order valence-electron chi connectivity index (χ4n) is 2.41. The molecule has 106 valence electrons. The number of aliphatic hydroxyl groups excluding tert-OH is 1. The summed E-state index contributed by atoms with van der Waals surface area (Å²) in [5.41, 5.74) is 0. The Hall–Kier alpha value is 0.0300. The van der Waals surface area contributed by atoms with Gasteiger partial charge in [0.15, 0.2) is 12.1 Å². The maximum absolute atomic E-state index is 11.3. The Morgan fingerprint density at radius 2 is 2.00 bits per heavy atom. The fraction of sp³-hybridized carbons (Fsp3) is 1.00. The highest BCUT2D eigenvalue weighted by Crippen LogP contribution is 2.41. The SMILES string of the molecule is CO[C@@H]1O[C@H](CC(O)[PH](C)=O)[C@H]2OC(C)(C)O[C@@H]12. The molecule has 0 aliphatic carbocycles. The molecule has 2 aliphatic rings. The molecule has 2 fully saturated rings. The van der Waals surface area contributed by atoms with E-state index in [0.29, 0.717) is 0 Å². The van der Waals surface area contributed by atoms with Gasteiger partial charge in [0.1, 0.15) is 25.9 Å². The number of hydrogen-bond acceptors (Lipinski definition) is 6. The summed E-state index contributed by atoms with van der Waals surface area (Å²) in [5.74, 6) is -1.54. The molecule has 6 nitrogen and oxygen atoms in total. The minimum Gasteiger partial charge on any atom is -0.386 e. The molecule has 0 bridgehead atoms. The van der Waals surface area contributed by atoms with Gasteiger partial charge in [-0.3, -0.25) is 0 Å². The third-order valence-electron chi connectivity index (χ3n) is 3.26. The molecule has 0 radical (unpaired) electrons. The number of hydrogen-bond donors (Lipinski definition) is 1. The molecule has 0 aromatic heterocycles. The van der Waals surface area contributed by atoms with Crippen LogP contribution in [0.2, 0.25) is 0 Å². The van der Waals surface area contributed by atoms with Crippen LogP contribution in [0.1, 0.15) is 20.3 Å². The summed E-state index contributed by atoms with van der Waals surface area (Å²) in [4.78, 5) is 0. The van der Waals surface area contributed by atoms with E-state index in [1.54, 1.807) is 0 Å². The molecular weight excluding hydrogens is 259 g/mol. The first-order valence-corrected chi connectivity index (χ1v) is 8.05. The highest BCUT2D eigenvalue weighted by atomic mass is 31.1. The van der Waals surface area contributed by atoms with Crippen molar-refractivity contribution < 1.29 is 28.6 Å². The van der Waals surface area contributed by atoms with Gasteiger partial charge in [0.25, 0.3) is 0 Å². The van der Waals surface area contributed by atoms with Crippen LogP contribution in [0.5, 0.6) is 0 Å². The van der Waals surface area contributed by atoms with E-state index in [1.165, 1.54) is 13.8 Å². The first-order chi connectivity index (χ1) is 8.34. The minimum atomic E-state index is -1.99. The zero-order valence-electron chi connectivity index (χ0n) is 11.1. The summed E-state index contributed by atoms with van der Waals surface area (Å²) in [5, 5.41) is 9.71. The Bertz CT molecular complexity index is 333. The van der Waals surface area contributed by atoms with Crippen molar-refractivity contribution in [3.63, 3.8) is 0 Å². The first-order valence-electron chi connectivity index (χ1n) is 6.06. The molecule has 2 heterocycles. The van der Waals surface area contributed by atoms with Crippen LogP contribution in [-0.4, -0.2) is 55.1 Å². The summed E-state index contributed by atoms with van der Waals surface area (Å²) in [6.07, 6.45) is -1.18. The van der Waals surface area contributed by atoms with Gasteiger partial charge < -0.3 is 28.6 Å². The van der Waals surface area contributed by atoms with Crippen LogP contribution in [0.25, 0.3) is 0 Å². The minimum absolute atomic E-state index is 0.273. The van der Waals surface area contributed by atoms with E-state index in [2.05, 4.69) is 0 Å². The van der Waals surface area contributed by atoms with E-state index >= 15 is 0 Å². The van der Waals surface area contributed by atoms with E-state index in [0.717, 1.165) is 0 Å². The van der Waals surface area contributed by atoms with Gasteiger partial charge in [-0.15, -0.1) is 0 Å². The van der Waals surface area contributed by atoms with Crippen molar-refractivity contribution in [1.29, 1.82) is 0 Å². The van der Waals surface area contributed by atoms with Crippen molar-refractivity contribution in [1.82, 2.24) is 0 Å². The van der Waals surface area contributed by atoms with Gasteiger partial charge in [-0.2, -0.15) is 0 Å². The highest BCUT2D eigenvalue weighted by molar-refractivity contribution is 7.44. The predicted molar refractivity (Wildman–Crippen MR) is 65.0 cm³/mol. The lowest BCUT2D eigenvalue weighted by Gasteiger charge is -2.24. The summed E-state index contributed by atoms with van der Waals surface area (Å²) in [7, 11) is -0.452. The maximum Gasteiger partial charge on any atom is 0.186 e. The molecule has 1 N–H and O–H groups in total. The van der Waals surface area contributed by atoms with E-state index in [-0.39, 0.29) is 24.7 Å². The maximum atomic E-state index is 11.3. The molecule has 18 heavy (non-hydrogen) atoms. The third-order valence-corrected chi connectivity index (χ3v) is 4.44. The average Bonchev–Trinajstić information content (AvgIpc) is 2.73. The summed E-state index contributed by atoms with van der Waals surface area (Å²) in [6, 6.07) is 0. The van der Waals surface area contributed by atoms with Crippen LogP contribution in [0.15, 0.2) is 0 Å². The van der Waals surface area contributed by atoms with Gasteiger partial charge in [-0.05, 0) is 20.5 Å². The van der Waals surface area contributed by atoms with Crippen molar-refractivity contribution in [2.45, 2.75) is 56.5 Å². The summed E-state index contributed by atoms with van der Waals surface area (Å²) < 4.78 is 33.6. The lowest BCUT2D eigenvalue weighted by atomic mass is 10.1. The molecule has 2 saturated heterocycles. The normalized spacial score (nSPS) is 41.6. The molecule has 2 unspecified atom stereocenters. The number of rotatable bonds is 4. The van der Waals surface area contributed by atoms with Crippen molar-refractivity contribution in [3.05, 3.63) is 0 Å². The molecule has 7 heteroatoms. The smallest absolute Gasteiger partial charge is 0.186 e. The van der Waals surface area contributed by atoms with Gasteiger partial charge >= 0.3 is 0 Å². The second-order valence-electron chi connectivity index (χ2n) is 5.21. The first kappa shape index (κ1) is 14.4.